The Morgan fingerprint density at radius 3 is 2.33 bits per heavy atom. The number of imide groups is 1. The normalized spacial score (nSPS) is 18.3. The van der Waals surface area contributed by atoms with Gasteiger partial charge in [-0.2, -0.15) is 0 Å². The number of rotatable bonds is 4. The van der Waals surface area contributed by atoms with Crippen molar-refractivity contribution in [2.75, 3.05) is 31.1 Å². The van der Waals surface area contributed by atoms with Crippen LogP contribution in [0.2, 0.25) is 0 Å². The predicted molar refractivity (Wildman–Crippen MR) is 125 cm³/mol. The summed E-state index contributed by atoms with van der Waals surface area (Å²) in [5.41, 5.74) is 1.09. The molecule has 0 bridgehead atoms. The van der Waals surface area contributed by atoms with E-state index in [1.165, 1.54) is 4.90 Å². The summed E-state index contributed by atoms with van der Waals surface area (Å²) in [4.78, 5) is 28.3. The summed E-state index contributed by atoms with van der Waals surface area (Å²) >= 11 is 0. The van der Waals surface area contributed by atoms with Gasteiger partial charge in [-0.3, -0.25) is 4.79 Å². The Hall–Kier alpha value is -3.06. The fourth-order valence-corrected chi connectivity index (χ4v) is 4.17. The first-order chi connectivity index (χ1) is 15.7. The average Bonchev–Trinajstić information content (AvgIpc) is 2.80. The highest BCUT2D eigenvalue weighted by Gasteiger charge is 2.45. The first-order valence-corrected chi connectivity index (χ1v) is 11.4. The Morgan fingerprint density at radius 2 is 1.70 bits per heavy atom. The Kier molecular flexibility index (Phi) is 6.61. The summed E-state index contributed by atoms with van der Waals surface area (Å²) in [6, 6.07) is 18.2. The summed E-state index contributed by atoms with van der Waals surface area (Å²) < 4.78 is 17.3. The molecule has 0 aromatic heterocycles. The van der Waals surface area contributed by atoms with Crippen molar-refractivity contribution in [2.45, 2.75) is 51.4 Å². The van der Waals surface area contributed by atoms with E-state index >= 15 is 0 Å². The maximum Gasteiger partial charge on any atom is 0.417 e. The monoisotopic (exact) mass is 452 g/mol. The third-order valence-electron chi connectivity index (χ3n) is 5.99. The molecule has 0 atom stereocenters. The van der Waals surface area contributed by atoms with Gasteiger partial charge in [-0.1, -0.05) is 30.3 Å². The number of piperidine rings is 1. The molecule has 2 saturated heterocycles. The van der Waals surface area contributed by atoms with Crippen LogP contribution in [0.1, 0.15) is 39.2 Å². The second-order valence-corrected chi connectivity index (χ2v) is 9.69. The fraction of sp³-hybridized carbons (Fsp3) is 0.462. The second kappa shape index (κ2) is 9.43. The van der Waals surface area contributed by atoms with Crippen molar-refractivity contribution in [3.8, 4) is 5.75 Å². The minimum Gasteiger partial charge on any atom is -0.489 e. The molecule has 2 fully saturated rings. The standard InChI is InChI=1S/C26H32N2O5/c1-25(2,3)33-24(30)28-19-26(32-18-23(28)29)13-15-27(16-14-26)21-9-11-22(12-10-21)31-17-20-7-5-4-6-8-20/h4-12H,13-19H2,1-3H3. The van der Waals surface area contributed by atoms with Gasteiger partial charge in [0.2, 0.25) is 0 Å². The molecule has 2 amide bonds. The van der Waals surface area contributed by atoms with Crippen LogP contribution >= 0.6 is 0 Å². The zero-order valence-electron chi connectivity index (χ0n) is 19.6. The highest BCUT2D eigenvalue weighted by Crippen LogP contribution is 2.33. The van der Waals surface area contributed by atoms with Gasteiger partial charge in [0.1, 0.15) is 24.6 Å². The highest BCUT2D eigenvalue weighted by molar-refractivity contribution is 5.93. The molecular weight excluding hydrogens is 420 g/mol. The van der Waals surface area contributed by atoms with E-state index in [0.717, 1.165) is 42.9 Å². The van der Waals surface area contributed by atoms with Crippen molar-refractivity contribution in [3.63, 3.8) is 0 Å². The number of amides is 2. The van der Waals surface area contributed by atoms with Crippen molar-refractivity contribution >= 4 is 17.7 Å². The van der Waals surface area contributed by atoms with Gasteiger partial charge in [0.25, 0.3) is 5.91 Å². The van der Waals surface area contributed by atoms with E-state index in [0.29, 0.717) is 6.61 Å². The molecule has 2 aliphatic heterocycles. The van der Waals surface area contributed by atoms with Crippen molar-refractivity contribution < 1.29 is 23.8 Å². The van der Waals surface area contributed by atoms with E-state index in [1.807, 2.05) is 42.5 Å². The maximum atomic E-state index is 12.5. The zero-order valence-corrected chi connectivity index (χ0v) is 19.6. The molecular formula is C26H32N2O5. The first-order valence-electron chi connectivity index (χ1n) is 11.4. The first kappa shape index (κ1) is 23.1. The largest absolute Gasteiger partial charge is 0.489 e. The van der Waals surface area contributed by atoms with Gasteiger partial charge < -0.3 is 19.1 Å². The number of ether oxygens (including phenoxy) is 3. The number of hydrogen-bond donors (Lipinski definition) is 0. The minimum absolute atomic E-state index is 0.0906. The molecule has 0 unspecified atom stereocenters. The van der Waals surface area contributed by atoms with Crippen LogP contribution in [0.3, 0.4) is 0 Å². The highest BCUT2D eigenvalue weighted by atomic mass is 16.6. The summed E-state index contributed by atoms with van der Waals surface area (Å²) in [6.07, 6.45) is 0.862. The number of carbonyl (C=O) groups excluding carboxylic acids is 2. The number of carbonyl (C=O) groups is 2. The van der Waals surface area contributed by atoms with Crippen LogP contribution in [0, 0.1) is 0 Å². The van der Waals surface area contributed by atoms with Crippen LogP contribution in [0.15, 0.2) is 54.6 Å². The molecule has 1 spiro atoms. The lowest BCUT2D eigenvalue weighted by molar-refractivity contribution is -0.164. The van der Waals surface area contributed by atoms with Gasteiger partial charge in [-0.05, 0) is 63.4 Å². The minimum atomic E-state index is -0.650. The number of anilines is 1. The second-order valence-electron chi connectivity index (χ2n) is 9.69. The van der Waals surface area contributed by atoms with Gasteiger partial charge in [0, 0.05) is 18.8 Å². The molecule has 0 aliphatic carbocycles. The van der Waals surface area contributed by atoms with Crippen molar-refractivity contribution in [1.82, 2.24) is 4.90 Å². The van der Waals surface area contributed by atoms with Crippen LogP contribution < -0.4 is 9.64 Å². The Balaban J connectivity index is 1.32. The Morgan fingerprint density at radius 1 is 1.03 bits per heavy atom. The Labute approximate surface area is 195 Å². The lowest BCUT2D eigenvalue weighted by Gasteiger charge is -2.46. The lowest BCUT2D eigenvalue weighted by atomic mass is 9.89. The molecule has 176 valence electrons. The molecule has 7 nitrogen and oxygen atoms in total. The molecule has 2 aliphatic rings. The van der Waals surface area contributed by atoms with E-state index in [1.54, 1.807) is 20.8 Å². The van der Waals surface area contributed by atoms with Crippen LogP contribution in [-0.2, 0) is 20.9 Å². The molecule has 0 radical (unpaired) electrons. The van der Waals surface area contributed by atoms with Gasteiger partial charge >= 0.3 is 6.09 Å². The molecule has 2 aromatic rings. The Bertz CT molecular complexity index is 960. The molecule has 2 aromatic carbocycles. The van der Waals surface area contributed by atoms with Gasteiger partial charge in [0.15, 0.2) is 0 Å². The molecule has 7 heteroatoms. The third kappa shape index (κ3) is 5.85. The van der Waals surface area contributed by atoms with Gasteiger partial charge in [-0.15, -0.1) is 0 Å². The molecule has 0 saturated carbocycles. The summed E-state index contributed by atoms with van der Waals surface area (Å²) in [5.74, 6) is 0.488. The molecule has 4 rings (SSSR count). The number of hydrogen-bond acceptors (Lipinski definition) is 6. The zero-order chi connectivity index (χ0) is 23.5. The van der Waals surface area contributed by atoms with Crippen LogP contribution in [0.4, 0.5) is 10.5 Å². The van der Waals surface area contributed by atoms with Crippen LogP contribution in [-0.4, -0.2) is 54.3 Å². The lowest BCUT2D eigenvalue weighted by Crippen LogP contribution is -2.60. The summed E-state index contributed by atoms with van der Waals surface area (Å²) in [5, 5.41) is 0. The van der Waals surface area contributed by atoms with E-state index in [9.17, 15) is 9.59 Å². The maximum absolute atomic E-state index is 12.5. The fourth-order valence-electron chi connectivity index (χ4n) is 4.17. The van der Waals surface area contributed by atoms with Gasteiger partial charge in [0.05, 0.1) is 12.1 Å². The van der Waals surface area contributed by atoms with Gasteiger partial charge in [-0.25, -0.2) is 9.69 Å². The van der Waals surface area contributed by atoms with E-state index in [2.05, 4.69) is 17.0 Å². The third-order valence-corrected chi connectivity index (χ3v) is 5.99. The quantitative estimate of drug-likeness (QED) is 0.685. The van der Waals surface area contributed by atoms with Crippen LogP contribution in [0.25, 0.3) is 0 Å². The van der Waals surface area contributed by atoms with Crippen molar-refractivity contribution in [1.29, 1.82) is 0 Å². The van der Waals surface area contributed by atoms with E-state index < -0.39 is 17.3 Å². The summed E-state index contributed by atoms with van der Waals surface area (Å²) in [6.45, 7) is 7.62. The van der Waals surface area contributed by atoms with Crippen LogP contribution in [0.5, 0.6) is 5.75 Å². The van der Waals surface area contributed by atoms with E-state index in [4.69, 9.17) is 14.2 Å². The molecule has 2 heterocycles. The predicted octanol–water partition coefficient (Wildman–Crippen LogP) is 4.40. The summed E-state index contributed by atoms with van der Waals surface area (Å²) in [7, 11) is 0. The topological polar surface area (TPSA) is 68.3 Å². The number of benzene rings is 2. The van der Waals surface area contributed by atoms with Crippen molar-refractivity contribution in [2.24, 2.45) is 0 Å². The number of morpholine rings is 1. The molecule has 0 N–H and O–H groups in total. The average molecular weight is 453 g/mol. The van der Waals surface area contributed by atoms with Crippen molar-refractivity contribution in [3.05, 3.63) is 60.2 Å². The SMILES string of the molecule is CC(C)(C)OC(=O)N1CC2(CCN(c3ccc(OCc4ccccc4)cc3)CC2)OCC1=O. The molecule has 33 heavy (non-hydrogen) atoms. The number of nitrogens with zero attached hydrogens (tertiary/aromatic N) is 2. The van der Waals surface area contributed by atoms with E-state index in [-0.39, 0.29) is 19.1 Å². The smallest absolute Gasteiger partial charge is 0.417 e.